The van der Waals surface area contributed by atoms with Gasteiger partial charge in [-0.2, -0.15) is 0 Å². The van der Waals surface area contributed by atoms with Gasteiger partial charge in [-0.25, -0.2) is 4.79 Å². The van der Waals surface area contributed by atoms with Gasteiger partial charge in [0.05, 0.1) is 12.6 Å². The minimum absolute atomic E-state index is 0.0998. The summed E-state index contributed by atoms with van der Waals surface area (Å²) < 4.78 is 5.39. The highest BCUT2D eigenvalue weighted by Gasteiger charge is 2.31. The van der Waals surface area contributed by atoms with Crippen molar-refractivity contribution in [2.75, 3.05) is 13.2 Å². The van der Waals surface area contributed by atoms with Gasteiger partial charge in [0.1, 0.15) is 6.61 Å². The summed E-state index contributed by atoms with van der Waals surface area (Å²) in [5, 5.41) is 9.69. The molecule has 0 aromatic heterocycles. The Kier molecular flexibility index (Phi) is 4.39. The van der Waals surface area contributed by atoms with Gasteiger partial charge in [-0.15, -0.1) is 0 Å². The van der Waals surface area contributed by atoms with Crippen LogP contribution >= 0.6 is 0 Å². The Morgan fingerprint density at radius 1 is 1.14 bits per heavy atom. The number of benzene rings is 2. The smallest absolute Gasteiger partial charge is 0.410 e. The standard InChI is InChI=1S/C18H19NO3/c20-12-17-16-9-5-4-8-15(16)10-11-19(17)18(21)22-13-14-6-2-1-3-7-14/h1-9,17,20H,10-13H2/t17-/m0/s1. The maximum atomic E-state index is 12.3. The lowest BCUT2D eigenvalue weighted by Crippen LogP contribution is -2.41. The van der Waals surface area contributed by atoms with Crippen LogP contribution in [-0.2, 0) is 17.8 Å². The molecule has 1 amide bonds. The molecule has 0 bridgehead atoms. The number of ether oxygens (including phenoxy) is 1. The Labute approximate surface area is 130 Å². The van der Waals surface area contributed by atoms with E-state index in [4.69, 9.17) is 4.74 Å². The van der Waals surface area contributed by atoms with Crippen LogP contribution < -0.4 is 0 Å². The zero-order valence-corrected chi connectivity index (χ0v) is 12.3. The van der Waals surface area contributed by atoms with E-state index in [1.54, 1.807) is 4.90 Å². The van der Waals surface area contributed by atoms with Gasteiger partial charge in [0.25, 0.3) is 0 Å². The van der Waals surface area contributed by atoms with E-state index in [2.05, 4.69) is 0 Å². The molecule has 1 atom stereocenters. The first-order valence-electron chi connectivity index (χ1n) is 7.45. The zero-order valence-electron chi connectivity index (χ0n) is 12.3. The molecule has 1 heterocycles. The Balaban J connectivity index is 1.70. The minimum Gasteiger partial charge on any atom is -0.445 e. The Bertz CT molecular complexity index is 642. The molecule has 1 N–H and O–H groups in total. The molecule has 2 aromatic carbocycles. The largest absolute Gasteiger partial charge is 0.445 e. The van der Waals surface area contributed by atoms with E-state index in [0.29, 0.717) is 6.54 Å². The van der Waals surface area contributed by atoms with Crippen LogP contribution in [-0.4, -0.2) is 29.3 Å². The third kappa shape index (κ3) is 2.97. The van der Waals surface area contributed by atoms with E-state index < -0.39 is 0 Å². The van der Waals surface area contributed by atoms with Crippen LogP contribution in [0.25, 0.3) is 0 Å². The lowest BCUT2D eigenvalue weighted by atomic mass is 9.93. The minimum atomic E-state index is -0.377. The summed E-state index contributed by atoms with van der Waals surface area (Å²) in [6.45, 7) is 0.712. The van der Waals surface area contributed by atoms with E-state index in [1.807, 2.05) is 54.6 Å². The number of aliphatic hydroxyl groups is 1. The van der Waals surface area contributed by atoms with Crippen molar-refractivity contribution in [2.24, 2.45) is 0 Å². The predicted octanol–water partition coefficient (Wildman–Crippen LogP) is 2.91. The molecule has 0 aliphatic carbocycles. The molecule has 1 aliphatic rings. The molecule has 2 aromatic rings. The maximum absolute atomic E-state index is 12.3. The lowest BCUT2D eigenvalue weighted by molar-refractivity contribution is 0.0603. The second-order valence-corrected chi connectivity index (χ2v) is 5.38. The fourth-order valence-electron chi connectivity index (χ4n) is 2.87. The van der Waals surface area contributed by atoms with Crippen molar-refractivity contribution in [1.82, 2.24) is 4.90 Å². The highest BCUT2D eigenvalue weighted by atomic mass is 16.6. The summed E-state index contributed by atoms with van der Waals surface area (Å²) >= 11 is 0. The van der Waals surface area contributed by atoms with Gasteiger partial charge in [-0.05, 0) is 23.1 Å². The van der Waals surface area contributed by atoms with Crippen molar-refractivity contribution in [2.45, 2.75) is 19.1 Å². The van der Waals surface area contributed by atoms with Crippen molar-refractivity contribution < 1.29 is 14.6 Å². The Morgan fingerprint density at radius 2 is 1.86 bits per heavy atom. The molecule has 0 fully saturated rings. The van der Waals surface area contributed by atoms with E-state index in [0.717, 1.165) is 17.5 Å². The van der Waals surface area contributed by atoms with Gasteiger partial charge < -0.3 is 9.84 Å². The summed E-state index contributed by atoms with van der Waals surface area (Å²) in [4.78, 5) is 14.0. The van der Waals surface area contributed by atoms with E-state index in [1.165, 1.54) is 5.56 Å². The molecule has 0 saturated heterocycles. The van der Waals surface area contributed by atoms with Crippen molar-refractivity contribution >= 4 is 6.09 Å². The van der Waals surface area contributed by atoms with Crippen LogP contribution in [0.3, 0.4) is 0 Å². The van der Waals surface area contributed by atoms with E-state index in [9.17, 15) is 9.90 Å². The van der Waals surface area contributed by atoms with Crippen LogP contribution in [0.2, 0.25) is 0 Å². The number of fused-ring (bicyclic) bond motifs is 1. The molecule has 4 nitrogen and oxygen atoms in total. The lowest BCUT2D eigenvalue weighted by Gasteiger charge is -2.35. The summed E-state index contributed by atoms with van der Waals surface area (Å²) in [5.41, 5.74) is 3.15. The van der Waals surface area contributed by atoms with Gasteiger partial charge in [0, 0.05) is 6.54 Å². The molecule has 0 spiro atoms. The van der Waals surface area contributed by atoms with Gasteiger partial charge in [0.15, 0.2) is 0 Å². The van der Waals surface area contributed by atoms with Crippen LogP contribution in [0.5, 0.6) is 0 Å². The normalized spacial score (nSPS) is 17.0. The second kappa shape index (κ2) is 6.62. The molecule has 0 unspecified atom stereocenters. The number of amides is 1. The maximum Gasteiger partial charge on any atom is 0.410 e. The average molecular weight is 297 g/mol. The number of carbonyl (C=O) groups excluding carboxylic acids is 1. The van der Waals surface area contributed by atoms with Crippen LogP contribution in [0.4, 0.5) is 4.79 Å². The summed E-state index contributed by atoms with van der Waals surface area (Å²) in [6, 6.07) is 17.2. The summed E-state index contributed by atoms with van der Waals surface area (Å²) in [5.74, 6) is 0. The number of aliphatic hydroxyl groups excluding tert-OH is 1. The number of hydrogen-bond donors (Lipinski definition) is 1. The van der Waals surface area contributed by atoms with Crippen molar-refractivity contribution in [3.8, 4) is 0 Å². The molecular weight excluding hydrogens is 278 g/mol. The van der Waals surface area contributed by atoms with Crippen molar-refractivity contribution in [3.63, 3.8) is 0 Å². The van der Waals surface area contributed by atoms with E-state index >= 15 is 0 Å². The number of rotatable bonds is 3. The average Bonchev–Trinajstić information content (AvgIpc) is 2.59. The van der Waals surface area contributed by atoms with Gasteiger partial charge in [0.2, 0.25) is 0 Å². The SMILES string of the molecule is O=C(OCc1ccccc1)N1CCc2ccccc2[C@@H]1CO. The molecule has 0 saturated carbocycles. The van der Waals surface area contributed by atoms with Crippen molar-refractivity contribution in [1.29, 1.82) is 0 Å². The highest BCUT2D eigenvalue weighted by molar-refractivity contribution is 5.69. The molecular formula is C18H19NO3. The number of carbonyl (C=O) groups is 1. The first-order valence-corrected chi connectivity index (χ1v) is 7.45. The first-order chi connectivity index (χ1) is 10.8. The molecule has 22 heavy (non-hydrogen) atoms. The van der Waals surface area contributed by atoms with Gasteiger partial charge in [-0.1, -0.05) is 54.6 Å². The van der Waals surface area contributed by atoms with Crippen LogP contribution in [0.1, 0.15) is 22.7 Å². The van der Waals surface area contributed by atoms with Crippen molar-refractivity contribution in [3.05, 3.63) is 71.3 Å². The number of hydrogen-bond acceptors (Lipinski definition) is 3. The summed E-state index contributed by atoms with van der Waals surface area (Å²) in [7, 11) is 0. The topological polar surface area (TPSA) is 49.8 Å². The predicted molar refractivity (Wildman–Crippen MR) is 83.3 cm³/mol. The highest BCUT2D eigenvalue weighted by Crippen LogP contribution is 2.29. The number of nitrogens with zero attached hydrogens (tertiary/aromatic N) is 1. The Morgan fingerprint density at radius 3 is 2.64 bits per heavy atom. The van der Waals surface area contributed by atoms with Gasteiger partial charge in [-0.3, -0.25) is 4.90 Å². The molecule has 3 rings (SSSR count). The third-order valence-electron chi connectivity index (χ3n) is 4.02. The fourth-order valence-corrected chi connectivity index (χ4v) is 2.87. The molecule has 114 valence electrons. The van der Waals surface area contributed by atoms with Crippen LogP contribution in [0.15, 0.2) is 54.6 Å². The monoisotopic (exact) mass is 297 g/mol. The Hall–Kier alpha value is -2.33. The molecule has 0 radical (unpaired) electrons. The van der Waals surface area contributed by atoms with E-state index in [-0.39, 0.29) is 25.3 Å². The van der Waals surface area contributed by atoms with Gasteiger partial charge >= 0.3 is 6.09 Å². The molecule has 1 aliphatic heterocycles. The quantitative estimate of drug-likeness (QED) is 0.947. The third-order valence-corrected chi connectivity index (χ3v) is 4.02. The fraction of sp³-hybridized carbons (Fsp3) is 0.278. The second-order valence-electron chi connectivity index (χ2n) is 5.38. The molecule has 4 heteroatoms. The zero-order chi connectivity index (χ0) is 15.4. The summed E-state index contributed by atoms with van der Waals surface area (Å²) in [6.07, 6.45) is 0.407. The van der Waals surface area contributed by atoms with Crippen LogP contribution in [0, 0.1) is 0 Å². The first kappa shape index (κ1) is 14.6.